The standard InChI is InChI=1S/C19H34N2O5/c1-5-16(26-14-8-6-7-13(4)10-14)18(23)20-11-17(22)21-15(19(24)25)9-12(2)3/h12-16H,5-11H2,1-4H3,(H,20,23)(H,21,22)(H,24,25)/t13?,14?,15-,16?/m0/s1. The summed E-state index contributed by atoms with van der Waals surface area (Å²) in [5.74, 6) is -1.15. The van der Waals surface area contributed by atoms with E-state index >= 15 is 0 Å². The normalized spacial score (nSPS) is 22.5. The van der Waals surface area contributed by atoms with Crippen LogP contribution in [0.5, 0.6) is 0 Å². The van der Waals surface area contributed by atoms with Crippen LogP contribution in [0.25, 0.3) is 0 Å². The van der Waals surface area contributed by atoms with Gasteiger partial charge in [0.2, 0.25) is 11.8 Å². The Morgan fingerprint density at radius 1 is 1.23 bits per heavy atom. The first-order valence-corrected chi connectivity index (χ1v) is 9.68. The van der Waals surface area contributed by atoms with E-state index in [1.54, 1.807) is 0 Å². The first-order chi connectivity index (χ1) is 12.2. The summed E-state index contributed by atoms with van der Waals surface area (Å²) >= 11 is 0. The second-order valence-electron chi connectivity index (χ2n) is 7.73. The van der Waals surface area contributed by atoms with Crippen molar-refractivity contribution in [2.75, 3.05) is 6.54 Å². The molecule has 3 unspecified atom stereocenters. The van der Waals surface area contributed by atoms with Gasteiger partial charge in [-0.25, -0.2) is 4.79 Å². The lowest BCUT2D eigenvalue weighted by atomic mass is 9.88. The highest BCUT2D eigenvalue weighted by atomic mass is 16.5. The van der Waals surface area contributed by atoms with Crippen LogP contribution in [0.4, 0.5) is 0 Å². The molecule has 0 aliphatic heterocycles. The molecule has 1 saturated carbocycles. The third kappa shape index (κ3) is 8.17. The third-order valence-corrected chi connectivity index (χ3v) is 4.67. The fraction of sp³-hybridized carbons (Fsp3) is 0.842. The number of nitrogens with one attached hydrogen (secondary N) is 2. The van der Waals surface area contributed by atoms with E-state index in [9.17, 15) is 14.4 Å². The number of amides is 2. The molecule has 1 aliphatic carbocycles. The monoisotopic (exact) mass is 370 g/mol. The minimum absolute atomic E-state index is 0.0886. The van der Waals surface area contributed by atoms with Gasteiger partial charge < -0.3 is 20.5 Å². The van der Waals surface area contributed by atoms with Crippen LogP contribution in [0.15, 0.2) is 0 Å². The van der Waals surface area contributed by atoms with E-state index in [1.165, 1.54) is 6.42 Å². The van der Waals surface area contributed by atoms with Gasteiger partial charge >= 0.3 is 5.97 Å². The molecule has 0 aromatic rings. The maximum Gasteiger partial charge on any atom is 0.326 e. The molecular formula is C19H34N2O5. The van der Waals surface area contributed by atoms with E-state index < -0.39 is 24.0 Å². The van der Waals surface area contributed by atoms with Crippen molar-refractivity contribution in [2.24, 2.45) is 11.8 Å². The van der Waals surface area contributed by atoms with E-state index in [-0.39, 0.29) is 24.5 Å². The summed E-state index contributed by atoms with van der Waals surface area (Å²) in [6.45, 7) is 7.59. The number of ether oxygens (including phenoxy) is 1. The number of aliphatic carboxylic acids is 1. The Bertz CT molecular complexity index is 481. The number of carboxylic acid groups (broad SMARTS) is 1. The number of carbonyl (C=O) groups excluding carboxylic acids is 2. The van der Waals surface area contributed by atoms with Crippen molar-refractivity contribution in [3.63, 3.8) is 0 Å². The smallest absolute Gasteiger partial charge is 0.326 e. The fourth-order valence-corrected chi connectivity index (χ4v) is 3.30. The van der Waals surface area contributed by atoms with E-state index in [2.05, 4.69) is 17.6 Å². The van der Waals surface area contributed by atoms with Crippen LogP contribution in [0.2, 0.25) is 0 Å². The van der Waals surface area contributed by atoms with E-state index in [4.69, 9.17) is 9.84 Å². The number of carbonyl (C=O) groups is 3. The summed E-state index contributed by atoms with van der Waals surface area (Å²) < 4.78 is 5.94. The van der Waals surface area contributed by atoms with E-state index in [0.29, 0.717) is 18.8 Å². The largest absolute Gasteiger partial charge is 0.480 e. The van der Waals surface area contributed by atoms with Crippen molar-refractivity contribution in [1.82, 2.24) is 10.6 Å². The van der Waals surface area contributed by atoms with Crippen molar-refractivity contribution in [3.8, 4) is 0 Å². The van der Waals surface area contributed by atoms with E-state index in [1.807, 2.05) is 20.8 Å². The van der Waals surface area contributed by atoms with Gasteiger partial charge in [-0.2, -0.15) is 0 Å². The molecule has 0 heterocycles. The van der Waals surface area contributed by atoms with Crippen LogP contribution < -0.4 is 10.6 Å². The average Bonchev–Trinajstić information content (AvgIpc) is 2.56. The maximum absolute atomic E-state index is 12.3. The van der Waals surface area contributed by atoms with Gasteiger partial charge in [-0.15, -0.1) is 0 Å². The molecule has 1 aliphatic rings. The maximum atomic E-state index is 12.3. The lowest BCUT2D eigenvalue weighted by Gasteiger charge is -2.29. The Morgan fingerprint density at radius 2 is 1.92 bits per heavy atom. The van der Waals surface area contributed by atoms with Gasteiger partial charge in [0.05, 0.1) is 12.6 Å². The lowest BCUT2D eigenvalue weighted by molar-refractivity contribution is -0.142. The summed E-state index contributed by atoms with van der Waals surface area (Å²) in [7, 11) is 0. The summed E-state index contributed by atoms with van der Waals surface area (Å²) in [6, 6.07) is -0.943. The summed E-state index contributed by atoms with van der Waals surface area (Å²) in [6.07, 6.45) is 4.61. The molecule has 0 bridgehead atoms. The Morgan fingerprint density at radius 3 is 2.46 bits per heavy atom. The van der Waals surface area contributed by atoms with Crippen LogP contribution in [0.1, 0.15) is 66.2 Å². The quantitative estimate of drug-likeness (QED) is 0.546. The highest BCUT2D eigenvalue weighted by Crippen LogP contribution is 2.26. The molecule has 3 N–H and O–H groups in total. The summed E-state index contributed by atoms with van der Waals surface area (Å²) in [4.78, 5) is 35.4. The van der Waals surface area contributed by atoms with Crippen LogP contribution in [-0.4, -0.2) is 47.7 Å². The second kappa shape index (κ2) is 11.2. The number of rotatable bonds is 10. The van der Waals surface area contributed by atoms with Gasteiger partial charge in [0.25, 0.3) is 0 Å². The predicted molar refractivity (Wildman–Crippen MR) is 98.6 cm³/mol. The molecule has 7 heteroatoms. The van der Waals surface area contributed by atoms with Crippen LogP contribution in [0.3, 0.4) is 0 Å². The SMILES string of the molecule is CCC(OC1CCCC(C)C1)C(=O)NCC(=O)N[C@@H](CC(C)C)C(=O)O. The molecule has 0 spiro atoms. The van der Waals surface area contributed by atoms with Gasteiger partial charge in [-0.3, -0.25) is 9.59 Å². The van der Waals surface area contributed by atoms with Crippen LogP contribution in [-0.2, 0) is 19.1 Å². The van der Waals surface area contributed by atoms with Crippen LogP contribution >= 0.6 is 0 Å². The van der Waals surface area contributed by atoms with Gasteiger partial charge in [-0.1, -0.05) is 40.5 Å². The van der Waals surface area contributed by atoms with Gasteiger partial charge in [0, 0.05) is 0 Å². The van der Waals surface area contributed by atoms with Gasteiger partial charge in [-0.05, 0) is 37.5 Å². The minimum Gasteiger partial charge on any atom is -0.480 e. The zero-order valence-electron chi connectivity index (χ0n) is 16.4. The Balaban J connectivity index is 2.44. The van der Waals surface area contributed by atoms with E-state index in [0.717, 1.165) is 19.3 Å². The molecule has 1 rings (SSSR count). The molecule has 0 saturated heterocycles. The highest BCUT2D eigenvalue weighted by Gasteiger charge is 2.26. The van der Waals surface area contributed by atoms with Crippen LogP contribution in [0, 0.1) is 11.8 Å². The molecule has 150 valence electrons. The molecule has 0 radical (unpaired) electrons. The zero-order chi connectivity index (χ0) is 19.7. The Hall–Kier alpha value is -1.63. The van der Waals surface area contributed by atoms with Crippen molar-refractivity contribution >= 4 is 17.8 Å². The third-order valence-electron chi connectivity index (χ3n) is 4.67. The van der Waals surface area contributed by atoms with Gasteiger partial charge in [0.1, 0.15) is 12.1 Å². The average molecular weight is 370 g/mol. The topological polar surface area (TPSA) is 105 Å². The van der Waals surface area contributed by atoms with Crippen molar-refractivity contribution in [3.05, 3.63) is 0 Å². The van der Waals surface area contributed by atoms with Gasteiger partial charge in [0.15, 0.2) is 0 Å². The van der Waals surface area contributed by atoms with Crippen molar-refractivity contribution < 1.29 is 24.2 Å². The molecule has 4 atom stereocenters. The zero-order valence-corrected chi connectivity index (χ0v) is 16.4. The first-order valence-electron chi connectivity index (χ1n) is 9.68. The summed E-state index contributed by atoms with van der Waals surface area (Å²) in [5.41, 5.74) is 0. The molecular weight excluding hydrogens is 336 g/mol. The molecule has 0 aromatic heterocycles. The lowest BCUT2D eigenvalue weighted by Crippen LogP contribution is -2.48. The Labute approximate surface area is 156 Å². The Kier molecular flexibility index (Phi) is 9.62. The molecule has 0 aromatic carbocycles. The predicted octanol–water partition coefficient (Wildman–Crippen LogP) is 2.09. The minimum atomic E-state index is -1.07. The molecule has 1 fully saturated rings. The molecule has 7 nitrogen and oxygen atoms in total. The fourth-order valence-electron chi connectivity index (χ4n) is 3.30. The number of hydrogen-bond donors (Lipinski definition) is 3. The second-order valence-corrected chi connectivity index (χ2v) is 7.73. The molecule has 26 heavy (non-hydrogen) atoms. The first kappa shape index (κ1) is 22.4. The number of carboxylic acids is 1. The van der Waals surface area contributed by atoms with Crippen molar-refractivity contribution in [1.29, 1.82) is 0 Å². The highest BCUT2D eigenvalue weighted by molar-refractivity contribution is 5.89. The summed E-state index contributed by atoms with van der Waals surface area (Å²) in [5, 5.41) is 14.2. The van der Waals surface area contributed by atoms with Crippen molar-refractivity contribution in [2.45, 2.75) is 84.5 Å². The molecule has 2 amide bonds. The number of hydrogen-bond acceptors (Lipinski definition) is 4.